The first-order chi connectivity index (χ1) is 9.20. The van der Waals surface area contributed by atoms with E-state index in [0.29, 0.717) is 18.8 Å². The Bertz CT molecular complexity index is 569. The third-order valence-electron chi connectivity index (χ3n) is 2.51. The number of nitrogens with zero attached hydrogens (tertiary/aromatic N) is 4. The Kier molecular flexibility index (Phi) is 4.62. The second-order valence-corrected chi connectivity index (χ2v) is 4.93. The first kappa shape index (κ1) is 13.7. The molecule has 2 aromatic rings. The second kappa shape index (κ2) is 6.42. The monoisotopic (exact) mass is 323 g/mol. The van der Waals surface area contributed by atoms with Crippen molar-refractivity contribution in [2.24, 2.45) is 0 Å². The number of hydrogen-bond acceptors (Lipinski definition) is 4. The Morgan fingerprint density at radius 2 is 2.32 bits per heavy atom. The molecule has 0 aliphatic rings. The molecule has 0 aliphatic heterocycles. The average molecular weight is 324 g/mol. The van der Waals surface area contributed by atoms with Crippen molar-refractivity contribution in [2.45, 2.75) is 26.3 Å². The SMILES string of the molecule is CCCC(=O)NCc1nnnn1-c1cccc(Br)c1. The summed E-state index contributed by atoms with van der Waals surface area (Å²) in [7, 11) is 0. The fourth-order valence-corrected chi connectivity index (χ4v) is 2.00. The van der Waals surface area contributed by atoms with Crippen LogP contribution in [-0.2, 0) is 11.3 Å². The van der Waals surface area contributed by atoms with Crippen molar-refractivity contribution < 1.29 is 4.79 Å². The lowest BCUT2D eigenvalue weighted by atomic mass is 10.3. The summed E-state index contributed by atoms with van der Waals surface area (Å²) in [4.78, 5) is 11.4. The summed E-state index contributed by atoms with van der Waals surface area (Å²) < 4.78 is 2.55. The van der Waals surface area contributed by atoms with E-state index >= 15 is 0 Å². The number of carbonyl (C=O) groups excluding carboxylic acids is 1. The highest BCUT2D eigenvalue weighted by Gasteiger charge is 2.09. The largest absolute Gasteiger partial charge is 0.349 e. The minimum Gasteiger partial charge on any atom is -0.349 e. The fraction of sp³-hybridized carbons (Fsp3) is 0.333. The van der Waals surface area contributed by atoms with Crippen LogP contribution in [0.2, 0.25) is 0 Å². The molecule has 7 heteroatoms. The Labute approximate surface area is 119 Å². The quantitative estimate of drug-likeness (QED) is 0.911. The number of amides is 1. The molecule has 100 valence electrons. The van der Waals surface area contributed by atoms with Gasteiger partial charge in [0.2, 0.25) is 5.91 Å². The van der Waals surface area contributed by atoms with E-state index in [1.165, 1.54) is 0 Å². The number of tetrazole rings is 1. The number of benzene rings is 1. The lowest BCUT2D eigenvalue weighted by Crippen LogP contribution is -2.24. The Morgan fingerprint density at radius 1 is 1.47 bits per heavy atom. The summed E-state index contributed by atoms with van der Waals surface area (Å²) in [5.41, 5.74) is 0.846. The van der Waals surface area contributed by atoms with Gasteiger partial charge in [-0.3, -0.25) is 4.79 Å². The summed E-state index contributed by atoms with van der Waals surface area (Å²) in [6, 6.07) is 7.64. The minimum atomic E-state index is 0.00583. The second-order valence-electron chi connectivity index (χ2n) is 4.01. The number of aromatic nitrogens is 4. The van der Waals surface area contributed by atoms with Gasteiger partial charge in [0, 0.05) is 10.9 Å². The van der Waals surface area contributed by atoms with Gasteiger partial charge in [-0.05, 0) is 35.0 Å². The molecule has 0 aliphatic carbocycles. The van der Waals surface area contributed by atoms with Gasteiger partial charge in [-0.25, -0.2) is 0 Å². The van der Waals surface area contributed by atoms with Crippen LogP contribution in [0.3, 0.4) is 0 Å². The zero-order valence-corrected chi connectivity index (χ0v) is 12.1. The number of nitrogens with one attached hydrogen (secondary N) is 1. The molecule has 19 heavy (non-hydrogen) atoms. The molecule has 1 aromatic heterocycles. The van der Waals surface area contributed by atoms with Gasteiger partial charge in [0.05, 0.1) is 12.2 Å². The smallest absolute Gasteiger partial charge is 0.220 e. The molecule has 0 unspecified atom stereocenters. The Balaban J connectivity index is 2.12. The molecule has 1 amide bonds. The predicted octanol–water partition coefficient (Wildman–Crippen LogP) is 1.84. The molecule has 0 bridgehead atoms. The first-order valence-corrected chi connectivity index (χ1v) is 6.80. The highest BCUT2D eigenvalue weighted by molar-refractivity contribution is 9.10. The topological polar surface area (TPSA) is 72.7 Å². The van der Waals surface area contributed by atoms with Crippen LogP contribution in [0.1, 0.15) is 25.6 Å². The van der Waals surface area contributed by atoms with E-state index in [2.05, 4.69) is 36.8 Å². The summed E-state index contributed by atoms with van der Waals surface area (Å²) in [5.74, 6) is 0.605. The molecule has 0 spiro atoms. The van der Waals surface area contributed by atoms with Crippen molar-refractivity contribution in [3.8, 4) is 5.69 Å². The number of hydrogen-bond donors (Lipinski definition) is 1. The normalized spacial score (nSPS) is 10.4. The number of carbonyl (C=O) groups is 1. The third-order valence-corrected chi connectivity index (χ3v) is 3.00. The van der Waals surface area contributed by atoms with E-state index in [0.717, 1.165) is 16.6 Å². The molecule has 6 nitrogen and oxygen atoms in total. The molecule has 2 rings (SSSR count). The van der Waals surface area contributed by atoms with Crippen LogP contribution in [0.5, 0.6) is 0 Å². The average Bonchev–Trinajstić information content (AvgIpc) is 2.85. The van der Waals surface area contributed by atoms with Crippen molar-refractivity contribution in [3.63, 3.8) is 0 Å². The summed E-state index contributed by atoms with van der Waals surface area (Å²) >= 11 is 3.40. The Morgan fingerprint density at radius 3 is 3.05 bits per heavy atom. The highest BCUT2D eigenvalue weighted by atomic mass is 79.9. The maximum absolute atomic E-state index is 11.4. The molecule has 0 fully saturated rings. The molecular formula is C12H14BrN5O. The van der Waals surface area contributed by atoms with Crippen LogP contribution in [0, 0.1) is 0 Å². The lowest BCUT2D eigenvalue weighted by molar-refractivity contribution is -0.121. The maximum atomic E-state index is 11.4. The zero-order valence-electron chi connectivity index (χ0n) is 10.5. The van der Waals surface area contributed by atoms with Crippen LogP contribution in [0.4, 0.5) is 0 Å². The van der Waals surface area contributed by atoms with Crippen molar-refractivity contribution >= 4 is 21.8 Å². The van der Waals surface area contributed by atoms with E-state index in [1.54, 1.807) is 4.68 Å². The van der Waals surface area contributed by atoms with E-state index in [-0.39, 0.29) is 5.91 Å². The minimum absolute atomic E-state index is 0.00583. The summed E-state index contributed by atoms with van der Waals surface area (Å²) in [6.07, 6.45) is 1.33. The summed E-state index contributed by atoms with van der Waals surface area (Å²) in [6.45, 7) is 2.28. The van der Waals surface area contributed by atoms with Crippen LogP contribution in [-0.4, -0.2) is 26.1 Å². The van der Waals surface area contributed by atoms with Gasteiger partial charge in [-0.15, -0.1) is 5.10 Å². The highest BCUT2D eigenvalue weighted by Crippen LogP contribution is 2.15. The van der Waals surface area contributed by atoms with Crippen molar-refractivity contribution in [1.29, 1.82) is 0 Å². The van der Waals surface area contributed by atoms with Gasteiger partial charge in [-0.2, -0.15) is 4.68 Å². The molecule has 0 radical (unpaired) electrons. The number of rotatable bonds is 5. The van der Waals surface area contributed by atoms with Crippen LogP contribution < -0.4 is 5.32 Å². The van der Waals surface area contributed by atoms with E-state index in [4.69, 9.17) is 0 Å². The van der Waals surface area contributed by atoms with Crippen molar-refractivity contribution in [2.75, 3.05) is 0 Å². The molecule has 0 atom stereocenters. The van der Waals surface area contributed by atoms with Gasteiger partial charge < -0.3 is 5.32 Å². The van der Waals surface area contributed by atoms with Crippen molar-refractivity contribution in [3.05, 3.63) is 34.6 Å². The molecule has 0 saturated carbocycles. The molecule has 0 saturated heterocycles. The number of halogens is 1. The molecule has 1 N–H and O–H groups in total. The van der Waals surface area contributed by atoms with Gasteiger partial charge in [0.15, 0.2) is 5.82 Å². The third kappa shape index (κ3) is 3.60. The first-order valence-electron chi connectivity index (χ1n) is 6.00. The van der Waals surface area contributed by atoms with Gasteiger partial charge in [-0.1, -0.05) is 28.9 Å². The summed E-state index contributed by atoms with van der Waals surface area (Å²) in [5, 5.41) is 14.3. The molecular weight excluding hydrogens is 310 g/mol. The molecule has 1 heterocycles. The maximum Gasteiger partial charge on any atom is 0.220 e. The zero-order chi connectivity index (χ0) is 13.7. The van der Waals surface area contributed by atoms with E-state index in [9.17, 15) is 4.79 Å². The Hall–Kier alpha value is -1.76. The van der Waals surface area contributed by atoms with E-state index < -0.39 is 0 Å². The predicted molar refractivity (Wildman–Crippen MR) is 73.6 cm³/mol. The van der Waals surface area contributed by atoms with E-state index in [1.807, 2.05) is 31.2 Å². The molecule has 1 aromatic carbocycles. The van der Waals surface area contributed by atoms with Crippen LogP contribution >= 0.6 is 15.9 Å². The van der Waals surface area contributed by atoms with Gasteiger partial charge in [0.1, 0.15) is 0 Å². The van der Waals surface area contributed by atoms with Crippen LogP contribution in [0.15, 0.2) is 28.7 Å². The standard InChI is InChI=1S/C12H14BrN5O/c1-2-4-12(19)14-8-11-15-16-17-18(11)10-6-3-5-9(13)7-10/h3,5-7H,2,4,8H2,1H3,(H,14,19). The van der Waals surface area contributed by atoms with Gasteiger partial charge in [0.25, 0.3) is 0 Å². The lowest BCUT2D eigenvalue weighted by Gasteiger charge is -2.06. The van der Waals surface area contributed by atoms with Gasteiger partial charge >= 0.3 is 0 Å². The van der Waals surface area contributed by atoms with Crippen molar-refractivity contribution in [1.82, 2.24) is 25.5 Å². The van der Waals surface area contributed by atoms with Crippen LogP contribution in [0.25, 0.3) is 5.69 Å². The fourth-order valence-electron chi connectivity index (χ4n) is 1.62.